The van der Waals surface area contributed by atoms with E-state index in [2.05, 4.69) is 26.1 Å². The summed E-state index contributed by atoms with van der Waals surface area (Å²) in [6.07, 6.45) is 0. The summed E-state index contributed by atoms with van der Waals surface area (Å²) in [5.41, 5.74) is -0.202. The van der Waals surface area contributed by atoms with Crippen LogP contribution in [0.3, 0.4) is 0 Å². The number of nitrogens with one attached hydrogen (secondary N) is 1. The fourth-order valence-electron chi connectivity index (χ4n) is 1.50. The van der Waals surface area contributed by atoms with Gasteiger partial charge in [0.2, 0.25) is 0 Å². The average molecular weight is 299 g/mol. The van der Waals surface area contributed by atoms with E-state index in [1.165, 1.54) is 18.2 Å². The topological polar surface area (TPSA) is 72.2 Å². The fraction of sp³-hybridized carbons (Fsp3) is 0.500. The molecule has 1 N–H and O–H groups in total. The minimum atomic E-state index is -0.585. The number of carbonyl (C=O) groups excluding carboxylic acids is 1. The molecule has 1 amide bonds. The van der Waals surface area contributed by atoms with E-state index in [0.29, 0.717) is 11.6 Å². The van der Waals surface area contributed by atoms with E-state index < -0.39 is 10.8 Å². The highest BCUT2D eigenvalue weighted by Crippen LogP contribution is 2.25. The molecule has 0 saturated heterocycles. The zero-order valence-electron chi connectivity index (χ0n) is 12.1. The van der Waals surface area contributed by atoms with Gasteiger partial charge in [-0.2, -0.15) is 0 Å². The highest BCUT2D eigenvalue weighted by Gasteiger charge is 2.23. The highest BCUT2D eigenvalue weighted by atomic mass is 35.5. The summed E-state index contributed by atoms with van der Waals surface area (Å²) < 4.78 is 0. The summed E-state index contributed by atoms with van der Waals surface area (Å²) in [6, 6.07) is 3.95. The number of nitro benzene ring substituents is 1. The van der Waals surface area contributed by atoms with Crippen LogP contribution in [0.5, 0.6) is 0 Å². The Morgan fingerprint density at radius 3 is 2.55 bits per heavy atom. The minimum absolute atomic E-state index is 0.0105. The molecule has 110 valence electrons. The van der Waals surface area contributed by atoms with Crippen molar-refractivity contribution in [3.05, 3.63) is 38.9 Å². The van der Waals surface area contributed by atoms with Gasteiger partial charge in [-0.3, -0.25) is 14.9 Å². The molecule has 5 nitrogen and oxygen atoms in total. The molecular formula is C14H19ClN2O3. The van der Waals surface area contributed by atoms with Crippen molar-refractivity contribution >= 4 is 23.2 Å². The standard InChI is InChI=1S/C14H19ClN2O3/c1-9(14(2,3)4)8-16-13(18)11-7-10(15)5-6-12(11)17(19)20/h5-7,9H,8H2,1-4H3,(H,16,18). The Kier molecular flexibility index (Phi) is 5.11. The van der Waals surface area contributed by atoms with E-state index in [4.69, 9.17) is 11.6 Å². The molecule has 1 unspecified atom stereocenters. The van der Waals surface area contributed by atoms with Crippen LogP contribution in [0.4, 0.5) is 5.69 Å². The van der Waals surface area contributed by atoms with Crippen LogP contribution in [0.25, 0.3) is 0 Å². The maximum absolute atomic E-state index is 12.1. The lowest BCUT2D eigenvalue weighted by atomic mass is 9.82. The number of benzene rings is 1. The van der Waals surface area contributed by atoms with Gasteiger partial charge >= 0.3 is 0 Å². The molecule has 0 aliphatic carbocycles. The molecule has 1 aromatic carbocycles. The van der Waals surface area contributed by atoms with Crippen molar-refractivity contribution in [3.63, 3.8) is 0 Å². The van der Waals surface area contributed by atoms with Crippen LogP contribution in [-0.2, 0) is 0 Å². The van der Waals surface area contributed by atoms with Crippen molar-refractivity contribution < 1.29 is 9.72 Å². The third-order valence-corrected chi connectivity index (χ3v) is 3.68. The molecule has 1 atom stereocenters. The lowest BCUT2D eigenvalue weighted by molar-refractivity contribution is -0.385. The molecule has 0 aromatic heterocycles. The molecule has 1 rings (SSSR count). The predicted molar refractivity (Wildman–Crippen MR) is 79.1 cm³/mol. The second-order valence-electron chi connectivity index (χ2n) is 5.90. The van der Waals surface area contributed by atoms with E-state index in [1.807, 2.05) is 6.92 Å². The van der Waals surface area contributed by atoms with Crippen molar-refractivity contribution in [2.75, 3.05) is 6.54 Å². The van der Waals surface area contributed by atoms with Gasteiger partial charge in [-0.25, -0.2) is 0 Å². The number of hydrogen-bond acceptors (Lipinski definition) is 3. The number of nitrogens with zero attached hydrogens (tertiary/aromatic N) is 1. The maximum Gasteiger partial charge on any atom is 0.282 e. The summed E-state index contributed by atoms with van der Waals surface area (Å²) in [5, 5.41) is 13.9. The van der Waals surface area contributed by atoms with E-state index in [9.17, 15) is 14.9 Å². The molecule has 0 saturated carbocycles. The van der Waals surface area contributed by atoms with Crippen molar-refractivity contribution in [1.29, 1.82) is 0 Å². The number of nitro groups is 1. The monoisotopic (exact) mass is 298 g/mol. The van der Waals surface area contributed by atoms with Gasteiger partial charge in [0.1, 0.15) is 5.56 Å². The van der Waals surface area contributed by atoms with Gasteiger partial charge in [0.05, 0.1) is 4.92 Å². The van der Waals surface area contributed by atoms with E-state index in [1.54, 1.807) is 0 Å². The smallest absolute Gasteiger partial charge is 0.282 e. The van der Waals surface area contributed by atoms with E-state index >= 15 is 0 Å². The zero-order valence-corrected chi connectivity index (χ0v) is 12.8. The van der Waals surface area contributed by atoms with Crippen LogP contribution in [0, 0.1) is 21.4 Å². The molecule has 1 aromatic rings. The van der Waals surface area contributed by atoms with Gasteiger partial charge in [-0.1, -0.05) is 39.3 Å². The van der Waals surface area contributed by atoms with Gasteiger partial charge in [-0.15, -0.1) is 0 Å². The predicted octanol–water partition coefficient (Wildman–Crippen LogP) is 3.66. The quantitative estimate of drug-likeness (QED) is 0.681. The van der Waals surface area contributed by atoms with Crippen LogP contribution < -0.4 is 5.32 Å². The number of hydrogen-bond donors (Lipinski definition) is 1. The van der Waals surface area contributed by atoms with Crippen molar-refractivity contribution in [3.8, 4) is 0 Å². The fourth-order valence-corrected chi connectivity index (χ4v) is 1.67. The molecule has 0 bridgehead atoms. The van der Waals surface area contributed by atoms with Gasteiger partial charge in [-0.05, 0) is 23.5 Å². The Labute approximate surface area is 123 Å². The minimum Gasteiger partial charge on any atom is -0.352 e. The Balaban J connectivity index is 2.88. The van der Waals surface area contributed by atoms with Gasteiger partial charge < -0.3 is 5.32 Å². The van der Waals surface area contributed by atoms with Crippen LogP contribution >= 0.6 is 11.6 Å². The lowest BCUT2D eigenvalue weighted by Crippen LogP contribution is -2.33. The Hall–Kier alpha value is -1.62. The molecular weight excluding hydrogens is 280 g/mol. The summed E-state index contributed by atoms with van der Waals surface area (Å²) in [5.74, 6) is -0.236. The molecule has 20 heavy (non-hydrogen) atoms. The van der Waals surface area contributed by atoms with Crippen molar-refractivity contribution in [2.24, 2.45) is 11.3 Å². The SMILES string of the molecule is CC(CNC(=O)c1cc(Cl)ccc1[N+](=O)[O-])C(C)(C)C. The summed E-state index contributed by atoms with van der Waals surface area (Å²) in [7, 11) is 0. The molecule has 0 radical (unpaired) electrons. The van der Waals surface area contributed by atoms with Crippen LogP contribution in [0.2, 0.25) is 5.02 Å². The van der Waals surface area contributed by atoms with Crippen LogP contribution in [0.15, 0.2) is 18.2 Å². The third-order valence-electron chi connectivity index (χ3n) is 3.45. The molecule has 0 fully saturated rings. The molecule has 0 heterocycles. The molecule has 6 heteroatoms. The zero-order chi connectivity index (χ0) is 15.5. The van der Waals surface area contributed by atoms with Crippen LogP contribution in [-0.4, -0.2) is 17.4 Å². The van der Waals surface area contributed by atoms with Gasteiger partial charge in [0.25, 0.3) is 11.6 Å². The number of carbonyl (C=O) groups is 1. The van der Waals surface area contributed by atoms with Crippen LogP contribution in [0.1, 0.15) is 38.1 Å². The Morgan fingerprint density at radius 1 is 1.45 bits per heavy atom. The van der Waals surface area contributed by atoms with Crippen molar-refractivity contribution in [1.82, 2.24) is 5.32 Å². The average Bonchev–Trinajstić information content (AvgIpc) is 2.33. The van der Waals surface area contributed by atoms with E-state index in [-0.39, 0.29) is 22.6 Å². The second-order valence-corrected chi connectivity index (χ2v) is 6.33. The first kappa shape index (κ1) is 16.4. The second kappa shape index (κ2) is 6.22. The van der Waals surface area contributed by atoms with Gasteiger partial charge in [0, 0.05) is 17.6 Å². The molecule has 0 aliphatic rings. The van der Waals surface area contributed by atoms with Crippen molar-refractivity contribution in [2.45, 2.75) is 27.7 Å². The van der Waals surface area contributed by atoms with E-state index in [0.717, 1.165) is 0 Å². The summed E-state index contributed by atoms with van der Waals surface area (Å²) >= 11 is 5.80. The molecule has 0 spiro atoms. The first-order valence-electron chi connectivity index (χ1n) is 6.35. The third kappa shape index (κ3) is 4.20. The molecule has 0 aliphatic heterocycles. The highest BCUT2D eigenvalue weighted by molar-refractivity contribution is 6.31. The first-order chi connectivity index (χ1) is 9.12. The first-order valence-corrected chi connectivity index (χ1v) is 6.73. The Bertz CT molecular complexity index is 524. The maximum atomic E-state index is 12.1. The summed E-state index contributed by atoms with van der Waals surface area (Å²) in [6.45, 7) is 8.70. The normalized spacial score (nSPS) is 12.8. The number of amides is 1. The van der Waals surface area contributed by atoms with Gasteiger partial charge in [0.15, 0.2) is 0 Å². The largest absolute Gasteiger partial charge is 0.352 e. The number of halogens is 1. The summed E-state index contributed by atoms with van der Waals surface area (Å²) in [4.78, 5) is 22.4. The lowest BCUT2D eigenvalue weighted by Gasteiger charge is -2.27. The number of rotatable bonds is 4. The Morgan fingerprint density at radius 2 is 2.05 bits per heavy atom.